The lowest BCUT2D eigenvalue weighted by Gasteiger charge is -2.13. The first kappa shape index (κ1) is 20.2. The van der Waals surface area contributed by atoms with Gasteiger partial charge in [0.15, 0.2) is 11.2 Å². The minimum Gasteiger partial charge on any atom is -0.495 e. The number of aryl methyl sites for hydroxylation is 1. The minimum atomic E-state index is -0.497. The van der Waals surface area contributed by atoms with E-state index in [-0.39, 0.29) is 16.9 Å². The predicted molar refractivity (Wildman–Crippen MR) is 121 cm³/mol. The van der Waals surface area contributed by atoms with Gasteiger partial charge in [-0.05, 0) is 12.1 Å². The monoisotopic (exact) mass is 446 g/mol. The number of imidazole rings is 2. The van der Waals surface area contributed by atoms with Crippen molar-refractivity contribution in [3.63, 3.8) is 0 Å². The summed E-state index contributed by atoms with van der Waals surface area (Å²) in [4.78, 5) is 41.0. The molecule has 0 aliphatic carbocycles. The van der Waals surface area contributed by atoms with Crippen molar-refractivity contribution in [2.75, 3.05) is 7.11 Å². The number of fused-ring (bicyclic) bond motifs is 3. The van der Waals surface area contributed by atoms with Gasteiger partial charge >= 0.3 is 5.69 Å². The molecular formula is C22H18N6O5. The zero-order valence-corrected chi connectivity index (χ0v) is 17.9. The number of non-ortho nitro benzene ring substituents is 1. The molecule has 0 bridgehead atoms. The number of methoxy groups -OCH3 is 1. The largest absolute Gasteiger partial charge is 0.495 e. The molecule has 0 radical (unpaired) electrons. The maximum Gasteiger partial charge on any atom is 0.332 e. The molecule has 166 valence electrons. The number of aromatic nitrogens is 5. The number of para-hydroxylation sites is 2. The highest BCUT2D eigenvalue weighted by atomic mass is 16.6. The summed E-state index contributed by atoms with van der Waals surface area (Å²) in [5.41, 5.74) is 1.12. The van der Waals surface area contributed by atoms with Crippen molar-refractivity contribution < 1.29 is 9.66 Å². The van der Waals surface area contributed by atoms with Crippen LogP contribution in [0.2, 0.25) is 0 Å². The van der Waals surface area contributed by atoms with Gasteiger partial charge in [0.05, 0.1) is 23.4 Å². The molecule has 0 amide bonds. The SMILES string of the molecule is COc1ccccc1-n1c(-c2cccc([N+](=O)[O-])c2)cn2c3c(=O)n(C)c(=O)n(C)c3nc12. The maximum absolute atomic E-state index is 13.0. The van der Waals surface area contributed by atoms with Crippen LogP contribution in [-0.4, -0.2) is 35.1 Å². The summed E-state index contributed by atoms with van der Waals surface area (Å²) in [7, 11) is 4.49. The third-order valence-electron chi connectivity index (χ3n) is 5.64. The molecular weight excluding hydrogens is 428 g/mol. The second-order valence-corrected chi connectivity index (χ2v) is 7.49. The number of benzene rings is 2. The third kappa shape index (κ3) is 2.86. The highest BCUT2D eigenvalue weighted by Gasteiger charge is 2.23. The van der Waals surface area contributed by atoms with E-state index in [9.17, 15) is 19.7 Å². The van der Waals surface area contributed by atoms with E-state index in [0.717, 1.165) is 4.57 Å². The Morgan fingerprint density at radius 1 is 1.03 bits per heavy atom. The lowest BCUT2D eigenvalue weighted by molar-refractivity contribution is -0.384. The molecule has 0 N–H and O–H groups in total. The first-order valence-electron chi connectivity index (χ1n) is 9.91. The van der Waals surface area contributed by atoms with E-state index < -0.39 is 16.2 Å². The summed E-state index contributed by atoms with van der Waals surface area (Å²) in [6.07, 6.45) is 1.68. The number of hydrogen-bond donors (Lipinski definition) is 0. The van der Waals surface area contributed by atoms with Crippen molar-refractivity contribution in [1.82, 2.24) is 23.1 Å². The van der Waals surface area contributed by atoms with Gasteiger partial charge in [-0.3, -0.25) is 33.0 Å². The van der Waals surface area contributed by atoms with Gasteiger partial charge in [-0.25, -0.2) is 4.79 Å². The van der Waals surface area contributed by atoms with Crippen molar-refractivity contribution in [2.24, 2.45) is 14.1 Å². The number of hydrogen-bond acceptors (Lipinski definition) is 6. The minimum absolute atomic E-state index is 0.0684. The Balaban J connectivity index is 1.97. The van der Waals surface area contributed by atoms with Gasteiger partial charge in [-0.15, -0.1) is 0 Å². The van der Waals surface area contributed by atoms with E-state index in [1.54, 1.807) is 40.4 Å². The van der Waals surface area contributed by atoms with Crippen LogP contribution in [0, 0.1) is 10.1 Å². The average Bonchev–Trinajstić information content (AvgIpc) is 3.38. The zero-order chi connectivity index (χ0) is 23.4. The highest BCUT2D eigenvalue weighted by Crippen LogP contribution is 2.33. The Kier molecular flexibility index (Phi) is 4.41. The van der Waals surface area contributed by atoms with E-state index in [2.05, 4.69) is 4.98 Å². The average molecular weight is 446 g/mol. The Hall–Kier alpha value is -4.67. The van der Waals surface area contributed by atoms with Crippen LogP contribution in [0.4, 0.5) is 5.69 Å². The van der Waals surface area contributed by atoms with Crippen LogP contribution in [0.25, 0.3) is 33.9 Å². The molecule has 33 heavy (non-hydrogen) atoms. The van der Waals surface area contributed by atoms with Crippen LogP contribution < -0.4 is 16.0 Å². The lowest BCUT2D eigenvalue weighted by atomic mass is 10.1. The van der Waals surface area contributed by atoms with Crippen LogP contribution in [0.3, 0.4) is 0 Å². The molecule has 3 heterocycles. The van der Waals surface area contributed by atoms with E-state index in [0.29, 0.717) is 28.5 Å². The van der Waals surface area contributed by atoms with Crippen molar-refractivity contribution in [1.29, 1.82) is 0 Å². The lowest BCUT2D eigenvalue weighted by Crippen LogP contribution is -2.37. The van der Waals surface area contributed by atoms with Gasteiger partial charge in [-0.1, -0.05) is 24.3 Å². The molecule has 0 aliphatic rings. The summed E-state index contributed by atoms with van der Waals surface area (Å²) < 4.78 is 11.2. The number of nitro groups is 1. The Morgan fingerprint density at radius 2 is 1.79 bits per heavy atom. The summed E-state index contributed by atoms with van der Waals surface area (Å²) in [5.74, 6) is 0.894. The van der Waals surface area contributed by atoms with E-state index in [1.807, 2.05) is 18.2 Å². The molecule has 0 saturated carbocycles. The maximum atomic E-state index is 13.0. The van der Waals surface area contributed by atoms with Gasteiger partial charge in [0.2, 0.25) is 5.78 Å². The first-order chi connectivity index (χ1) is 15.8. The van der Waals surface area contributed by atoms with Crippen LogP contribution >= 0.6 is 0 Å². The standard InChI is InChI=1S/C22H18N6O5/c1-24-19-18(20(29)25(2)22(24)30)26-12-16(13-7-6-8-14(11-13)28(31)32)27(21(26)23-19)15-9-4-5-10-17(15)33-3/h4-12H,1-3H3. The number of nitrogens with zero attached hydrogens (tertiary/aromatic N) is 6. The smallest absolute Gasteiger partial charge is 0.332 e. The molecule has 0 aliphatic heterocycles. The highest BCUT2D eigenvalue weighted by molar-refractivity contribution is 5.80. The molecule has 0 fully saturated rings. The Morgan fingerprint density at radius 3 is 2.52 bits per heavy atom. The number of nitro benzene ring substituents is 1. The third-order valence-corrected chi connectivity index (χ3v) is 5.64. The van der Waals surface area contributed by atoms with Crippen molar-refractivity contribution in [2.45, 2.75) is 0 Å². The fourth-order valence-electron chi connectivity index (χ4n) is 4.01. The van der Waals surface area contributed by atoms with Crippen LogP contribution in [0.5, 0.6) is 5.75 Å². The quantitative estimate of drug-likeness (QED) is 0.309. The number of rotatable bonds is 4. The summed E-state index contributed by atoms with van der Waals surface area (Å²) in [5, 5.41) is 11.4. The molecule has 3 aromatic heterocycles. The van der Waals surface area contributed by atoms with Crippen molar-refractivity contribution >= 4 is 22.6 Å². The van der Waals surface area contributed by atoms with Gasteiger partial charge in [-0.2, -0.15) is 4.98 Å². The summed E-state index contributed by atoms with van der Waals surface area (Å²) in [6, 6.07) is 13.4. The fraction of sp³-hybridized carbons (Fsp3) is 0.136. The number of ether oxygens (including phenoxy) is 1. The van der Waals surface area contributed by atoms with Crippen LogP contribution in [0.1, 0.15) is 0 Å². The van der Waals surface area contributed by atoms with Crippen molar-refractivity contribution in [3.05, 3.63) is 85.7 Å². The normalized spacial score (nSPS) is 11.4. The molecule has 5 rings (SSSR count). The molecule has 0 unspecified atom stereocenters. The summed E-state index contributed by atoms with van der Waals surface area (Å²) >= 11 is 0. The predicted octanol–water partition coefficient (Wildman–Crippen LogP) is 2.26. The summed E-state index contributed by atoms with van der Waals surface area (Å²) in [6.45, 7) is 0. The van der Waals surface area contributed by atoms with E-state index >= 15 is 0 Å². The second-order valence-electron chi connectivity index (χ2n) is 7.49. The van der Waals surface area contributed by atoms with Gasteiger partial charge in [0.1, 0.15) is 5.75 Å². The van der Waals surface area contributed by atoms with Crippen LogP contribution in [0.15, 0.2) is 64.3 Å². The van der Waals surface area contributed by atoms with E-state index in [1.165, 1.54) is 30.9 Å². The molecule has 5 aromatic rings. The molecule has 0 spiro atoms. The van der Waals surface area contributed by atoms with Crippen molar-refractivity contribution in [3.8, 4) is 22.7 Å². The molecule has 11 heteroatoms. The zero-order valence-electron chi connectivity index (χ0n) is 17.9. The molecule has 0 atom stereocenters. The first-order valence-corrected chi connectivity index (χ1v) is 9.91. The van der Waals surface area contributed by atoms with Crippen LogP contribution in [-0.2, 0) is 14.1 Å². The molecule has 11 nitrogen and oxygen atoms in total. The van der Waals surface area contributed by atoms with Gasteiger partial charge in [0, 0.05) is 38.0 Å². The Bertz CT molecular complexity index is 1700. The Labute approximate surface area is 185 Å². The second kappa shape index (κ2) is 7.19. The van der Waals surface area contributed by atoms with Gasteiger partial charge < -0.3 is 4.74 Å². The van der Waals surface area contributed by atoms with E-state index in [4.69, 9.17) is 4.74 Å². The van der Waals surface area contributed by atoms with Gasteiger partial charge in [0.25, 0.3) is 11.2 Å². The fourth-order valence-corrected chi connectivity index (χ4v) is 4.01. The molecule has 0 saturated heterocycles. The molecule has 2 aromatic carbocycles. The topological polar surface area (TPSA) is 119 Å².